The number of carbonyl (C=O) groups excluding carboxylic acids is 2. The Kier molecular flexibility index (Phi) is 5.94. The molecule has 0 saturated heterocycles. The first kappa shape index (κ1) is 18.3. The van der Waals surface area contributed by atoms with E-state index in [2.05, 4.69) is 0 Å². The number of anilines is 1. The van der Waals surface area contributed by atoms with Gasteiger partial charge in [0.05, 0.1) is 19.8 Å². The number of rotatable bonds is 6. The van der Waals surface area contributed by atoms with Crippen LogP contribution in [-0.2, 0) is 9.53 Å². The van der Waals surface area contributed by atoms with E-state index in [9.17, 15) is 14.0 Å². The zero-order chi connectivity index (χ0) is 18.4. The monoisotopic (exact) mass is 347 g/mol. The standard InChI is InChI=1S/C18H18FNO5/c1-20(14-7-5-13(19)6-8-14)17(21)11-25-18(22)12-4-9-15(23-2)16(10-12)24-3/h4-10H,11H2,1-3H3. The maximum Gasteiger partial charge on any atom is 0.338 e. The van der Waals surface area contributed by atoms with E-state index in [0.717, 1.165) is 0 Å². The summed E-state index contributed by atoms with van der Waals surface area (Å²) in [4.78, 5) is 25.5. The summed E-state index contributed by atoms with van der Waals surface area (Å²) in [6, 6.07) is 9.96. The number of benzene rings is 2. The summed E-state index contributed by atoms with van der Waals surface area (Å²) in [5, 5.41) is 0. The van der Waals surface area contributed by atoms with Crippen LogP contribution in [0, 0.1) is 5.82 Å². The van der Waals surface area contributed by atoms with Gasteiger partial charge in [-0.1, -0.05) is 0 Å². The highest BCUT2D eigenvalue weighted by atomic mass is 19.1. The molecule has 2 aromatic carbocycles. The third-order valence-electron chi connectivity index (χ3n) is 3.53. The number of ether oxygens (including phenoxy) is 3. The van der Waals surface area contributed by atoms with Crippen LogP contribution in [-0.4, -0.2) is 39.8 Å². The Hall–Kier alpha value is -3.09. The maximum absolute atomic E-state index is 12.9. The third-order valence-corrected chi connectivity index (χ3v) is 3.53. The van der Waals surface area contributed by atoms with E-state index < -0.39 is 24.3 Å². The average molecular weight is 347 g/mol. The van der Waals surface area contributed by atoms with Gasteiger partial charge in [-0.15, -0.1) is 0 Å². The summed E-state index contributed by atoms with van der Waals surface area (Å²) < 4.78 is 28.2. The molecule has 0 aliphatic heterocycles. The second-order valence-corrected chi connectivity index (χ2v) is 5.08. The van der Waals surface area contributed by atoms with Crippen molar-refractivity contribution < 1.29 is 28.2 Å². The third kappa shape index (κ3) is 4.47. The highest BCUT2D eigenvalue weighted by Crippen LogP contribution is 2.27. The van der Waals surface area contributed by atoms with E-state index in [1.165, 1.54) is 62.6 Å². The predicted octanol–water partition coefficient (Wildman–Crippen LogP) is 2.66. The van der Waals surface area contributed by atoms with Crippen molar-refractivity contribution in [1.29, 1.82) is 0 Å². The number of likely N-dealkylation sites (N-methyl/N-ethyl adjacent to an activating group) is 1. The summed E-state index contributed by atoms with van der Waals surface area (Å²) in [7, 11) is 4.45. The molecule has 0 bridgehead atoms. The Morgan fingerprint density at radius 2 is 1.64 bits per heavy atom. The number of carbonyl (C=O) groups is 2. The molecule has 6 nitrogen and oxygen atoms in total. The number of hydrogen-bond acceptors (Lipinski definition) is 5. The predicted molar refractivity (Wildman–Crippen MR) is 89.6 cm³/mol. The van der Waals surface area contributed by atoms with E-state index in [1.807, 2.05) is 0 Å². The first-order chi connectivity index (χ1) is 12.0. The van der Waals surface area contributed by atoms with Crippen LogP contribution in [0.15, 0.2) is 42.5 Å². The molecule has 0 unspecified atom stereocenters. The second-order valence-electron chi connectivity index (χ2n) is 5.08. The lowest BCUT2D eigenvalue weighted by atomic mass is 10.2. The second kappa shape index (κ2) is 8.14. The summed E-state index contributed by atoms with van der Waals surface area (Å²) >= 11 is 0. The summed E-state index contributed by atoms with van der Waals surface area (Å²) in [6.07, 6.45) is 0. The van der Waals surface area contributed by atoms with Gasteiger partial charge in [-0.3, -0.25) is 4.79 Å². The largest absolute Gasteiger partial charge is 0.493 e. The minimum absolute atomic E-state index is 0.231. The lowest BCUT2D eigenvalue weighted by Gasteiger charge is -2.17. The molecular formula is C18H18FNO5. The molecule has 0 saturated carbocycles. The quantitative estimate of drug-likeness (QED) is 0.752. The van der Waals surface area contributed by atoms with Crippen molar-refractivity contribution in [3.8, 4) is 11.5 Å². The summed E-state index contributed by atoms with van der Waals surface area (Å²) in [5.74, 6) is -0.649. The van der Waals surface area contributed by atoms with Crippen molar-refractivity contribution in [2.45, 2.75) is 0 Å². The highest BCUT2D eigenvalue weighted by Gasteiger charge is 2.16. The van der Waals surface area contributed by atoms with Crippen molar-refractivity contribution in [3.63, 3.8) is 0 Å². The van der Waals surface area contributed by atoms with Gasteiger partial charge in [-0.2, -0.15) is 0 Å². The average Bonchev–Trinajstić information content (AvgIpc) is 2.65. The lowest BCUT2D eigenvalue weighted by Crippen LogP contribution is -2.31. The first-order valence-electron chi connectivity index (χ1n) is 7.37. The number of amides is 1. The molecule has 0 aliphatic carbocycles. The Morgan fingerprint density at radius 1 is 1.00 bits per heavy atom. The normalized spacial score (nSPS) is 10.1. The van der Waals surface area contributed by atoms with Crippen LogP contribution in [0.25, 0.3) is 0 Å². The molecule has 0 spiro atoms. The molecule has 0 radical (unpaired) electrons. The maximum atomic E-state index is 12.9. The van der Waals surface area contributed by atoms with Gasteiger partial charge >= 0.3 is 5.97 Å². The summed E-state index contributed by atoms with van der Waals surface area (Å²) in [6.45, 7) is -0.443. The fourth-order valence-corrected chi connectivity index (χ4v) is 2.08. The topological polar surface area (TPSA) is 65.1 Å². The van der Waals surface area contributed by atoms with Crippen LogP contribution in [0.5, 0.6) is 11.5 Å². The van der Waals surface area contributed by atoms with Crippen LogP contribution in [0.2, 0.25) is 0 Å². The van der Waals surface area contributed by atoms with Gasteiger partial charge in [0, 0.05) is 12.7 Å². The molecule has 25 heavy (non-hydrogen) atoms. The van der Waals surface area contributed by atoms with E-state index >= 15 is 0 Å². The number of esters is 1. The Bertz CT molecular complexity index is 761. The van der Waals surface area contributed by atoms with Crippen molar-refractivity contribution >= 4 is 17.6 Å². The summed E-state index contributed by atoms with van der Waals surface area (Å²) in [5.41, 5.74) is 0.725. The van der Waals surface area contributed by atoms with Crippen molar-refractivity contribution in [2.75, 3.05) is 32.8 Å². The minimum Gasteiger partial charge on any atom is -0.493 e. The molecule has 7 heteroatoms. The number of halogens is 1. The SMILES string of the molecule is COc1ccc(C(=O)OCC(=O)N(C)c2ccc(F)cc2)cc1OC. The van der Waals surface area contributed by atoms with Crippen LogP contribution in [0.4, 0.5) is 10.1 Å². The molecule has 0 heterocycles. The van der Waals surface area contributed by atoms with Crippen LogP contribution in [0.3, 0.4) is 0 Å². The molecule has 2 aromatic rings. The zero-order valence-electron chi connectivity index (χ0n) is 14.1. The van der Waals surface area contributed by atoms with E-state index in [-0.39, 0.29) is 5.56 Å². The zero-order valence-corrected chi connectivity index (χ0v) is 14.1. The molecule has 0 atom stereocenters. The fourth-order valence-electron chi connectivity index (χ4n) is 2.08. The van der Waals surface area contributed by atoms with Crippen LogP contribution < -0.4 is 14.4 Å². The number of hydrogen-bond donors (Lipinski definition) is 0. The first-order valence-corrected chi connectivity index (χ1v) is 7.37. The Balaban J connectivity index is 1.99. The van der Waals surface area contributed by atoms with Gasteiger partial charge in [0.15, 0.2) is 18.1 Å². The Labute approximate surface area is 144 Å². The van der Waals surface area contributed by atoms with Crippen molar-refractivity contribution in [3.05, 3.63) is 53.8 Å². The Morgan fingerprint density at radius 3 is 2.24 bits per heavy atom. The van der Waals surface area contributed by atoms with E-state index in [1.54, 1.807) is 6.07 Å². The van der Waals surface area contributed by atoms with Crippen molar-refractivity contribution in [2.24, 2.45) is 0 Å². The van der Waals surface area contributed by atoms with Gasteiger partial charge in [0.1, 0.15) is 5.82 Å². The minimum atomic E-state index is -0.665. The van der Waals surface area contributed by atoms with E-state index in [0.29, 0.717) is 17.2 Å². The number of methoxy groups -OCH3 is 2. The molecule has 0 aromatic heterocycles. The van der Waals surface area contributed by atoms with Gasteiger partial charge in [0.25, 0.3) is 5.91 Å². The molecule has 0 fully saturated rings. The molecule has 0 N–H and O–H groups in total. The fraction of sp³-hybridized carbons (Fsp3) is 0.222. The van der Waals surface area contributed by atoms with Crippen LogP contribution in [0.1, 0.15) is 10.4 Å². The molecule has 132 valence electrons. The molecule has 0 aliphatic rings. The highest BCUT2D eigenvalue weighted by molar-refractivity contribution is 5.97. The van der Waals surface area contributed by atoms with Crippen molar-refractivity contribution in [1.82, 2.24) is 0 Å². The van der Waals surface area contributed by atoms with E-state index in [4.69, 9.17) is 14.2 Å². The van der Waals surface area contributed by atoms with Gasteiger partial charge in [-0.25, -0.2) is 9.18 Å². The van der Waals surface area contributed by atoms with Gasteiger partial charge in [0.2, 0.25) is 0 Å². The van der Waals surface area contributed by atoms with Gasteiger partial charge in [-0.05, 0) is 42.5 Å². The lowest BCUT2D eigenvalue weighted by molar-refractivity contribution is -0.121. The number of nitrogens with zero attached hydrogens (tertiary/aromatic N) is 1. The molecule has 1 amide bonds. The molecular weight excluding hydrogens is 329 g/mol. The molecule has 2 rings (SSSR count). The smallest absolute Gasteiger partial charge is 0.338 e. The van der Waals surface area contributed by atoms with Crippen LogP contribution >= 0.6 is 0 Å². The van der Waals surface area contributed by atoms with Gasteiger partial charge < -0.3 is 19.1 Å².